The van der Waals surface area contributed by atoms with Crippen LogP contribution in [0.1, 0.15) is 56.7 Å². The average molecular weight is 343 g/mol. The maximum absolute atomic E-state index is 12.9. The number of hydrogen-bond donors (Lipinski definition) is 1. The summed E-state index contributed by atoms with van der Waals surface area (Å²) in [5.41, 5.74) is 0.980. The molecule has 0 aliphatic carbocycles. The summed E-state index contributed by atoms with van der Waals surface area (Å²) in [7, 11) is 0. The third-order valence-corrected chi connectivity index (χ3v) is 3.70. The van der Waals surface area contributed by atoms with Gasteiger partial charge in [0.2, 0.25) is 12.3 Å². The van der Waals surface area contributed by atoms with E-state index < -0.39 is 0 Å². The molecule has 0 aliphatic rings. The summed E-state index contributed by atoms with van der Waals surface area (Å²) >= 11 is 0. The summed E-state index contributed by atoms with van der Waals surface area (Å²) < 4.78 is 1.59. The molecule has 1 aromatic heterocycles. The van der Waals surface area contributed by atoms with Crippen molar-refractivity contribution in [3.8, 4) is 0 Å². The number of hydrogen-bond acceptors (Lipinski definition) is 4. The quantitative estimate of drug-likeness (QED) is 0.581. The number of amides is 2. The first-order chi connectivity index (χ1) is 12.0. The number of carbonyl (C=O) groups excluding carboxylic acids is 2. The summed E-state index contributed by atoms with van der Waals surface area (Å²) in [6, 6.07) is -0.213. The largest absolute Gasteiger partial charge is 0.299 e. The van der Waals surface area contributed by atoms with E-state index in [1.54, 1.807) is 29.7 Å². The second kappa shape index (κ2) is 10.2. The Balaban J connectivity index is 3.24. The minimum absolute atomic E-state index is 0.144. The molecule has 0 aromatic carbocycles. The average Bonchev–Trinajstić information content (AvgIpc) is 2.56. The highest BCUT2D eigenvalue weighted by Gasteiger charge is 2.16. The summed E-state index contributed by atoms with van der Waals surface area (Å²) in [5, 5.41) is 2.10. The second-order valence-corrected chi connectivity index (χ2v) is 5.59. The molecule has 1 rings (SSSR count). The van der Waals surface area contributed by atoms with E-state index in [0.717, 1.165) is 0 Å². The van der Waals surface area contributed by atoms with Crippen molar-refractivity contribution >= 4 is 24.5 Å². The van der Waals surface area contributed by atoms with E-state index in [4.69, 9.17) is 0 Å². The molecular formula is C19H25N3O3. The van der Waals surface area contributed by atoms with Crippen molar-refractivity contribution < 1.29 is 9.59 Å². The van der Waals surface area contributed by atoms with E-state index in [1.807, 2.05) is 39.0 Å². The first-order valence-electron chi connectivity index (χ1n) is 8.24. The molecule has 0 radical (unpaired) electrons. The minimum atomic E-state index is -0.361. The van der Waals surface area contributed by atoms with Gasteiger partial charge in [-0.25, -0.2) is 4.98 Å². The number of aryl methyl sites for hydroxylation is 1. The number of aromatic nitrogens is 2. The van der Waals surface area contributed by atoms with Crippen LogP contribution < -0.4 is 10.9 Å². The van der Waals surface area contributed by atoms with E-state index in [0.29, 0.717) is 29.9 Å². The lowest BCUT2D eigenvalue weighted by Crippen LogP contribution is -2.30. The van der Waals surface area contributed by atoms with Crippen molar-refractivity contribution in [2.75, 3.05) is 0 Å². The zero-order valence-electron chi connectivity index (χ0n) is 15.2. The lowest BCUT2D eigenvalue weighted by Gasteiger charge is -2.19. The summed E-state index contributed by atoms with van der Waals surface area (Å²) in [5.74, 6) is 0.224. The summed E-state index contributed by atoms with van der Waals surface area (Å²) in [6.45, 7) is 7.39. The molecule has 0 aliphatic heterocycles. The fraction of sp³-hybridized carbons (Fsp3) is 0.368. The summed E-state index contributed by atoms with van der Waals surface area (Å²) in [4.78, 5) is 39.2. The standard InChI is InChI=1S/C19H25N3O3/c1-5-7-8-10-17-16(9-6-2)19(25)22(15(4)21-17)14(3)11-12-18(24)20-13-23/h5-10,13-14H,11-12H2,1-4H3,(H,20,23,24)/b7-5+,9-6-,10-8-. The molecule has 1 heterocycles. The van der Waals surface area contributed by atoms with Crippen molar-refractivity contribution in [2.24, 2.45) is 0 Å². The molecule has 1 unspecified atom stereocenters. The highest BCUT2D eigenvalue weighted by molar-refractivity contribution is 5.85. The Labute approximate surface area is 148 Å². The molecule has 0 bridgehead atoms. The van der Waals surface area contributed by atoms with Gasteiger partial charge in [0.25, 0.3) is 5.56 Å². The summed E-state index contributed by atoms with van der Waals surface area (Å²) in [6.07, 6.45) is 11.9. The van der Waals surface area contributed by atoms with Crippen LogP contribution in [0.5, 0.6) is 0 Å². The Bertz CT molecular complexity index is 758. The molecule has 0 spiro atoms. The molecule has 6 heteroatoms. The minimum Gasteiger partial charge on any atom is -0.299 e. The van der Waals surface area contributed by atoms with Crippen molar-refractivity contribution in [3.63, 3.8) is 0 Å². The zero-order valence-corrected chi connectivity index (χ0v) is 15.2. The molecule has 134 valence electrons. The van der Waals surface area contributed by atoms with Gasteiger partial charge in [-0.15, -0.1) is 0 Å². The molecule has 2 amide bonds. The van der Waals surface area contributed by atoms with Crippen LogP contribution in [-0.2, 0) is 9.59 Å². The lowest BCUT2D eigenvalue weighted by atomic mass is 10.1. The smallest absolute Gasteiger partial charge is 0.261 e. The Kier molecular flexibility index (Phi) is 8.26. The maximum atomic E-state index is 12.9. The molecule has 1 aromatic rings. The van der Waals surface area contributed by atoms with Gasteiger partial charge in [-0.2, -0.15) is 0 Å². The van der Waals surface area contributed by atoms with Crippen LogP contribution in [0.15, 0.2) is 29.1 Å². The third kappa shape index (κ3) is 5.67. The topological polar surface area (TPSA) is 81.1 Å². The number of carbonyl (C=O) groups is 2. The van der Waals surface area contributed by atoms with Crippen LogP contribution in [-0.4, -0.2) is 21.9 Å². The van der Waals surface area contributed by atoms with Gasteiger partial charge in [-0.1, -0.05) is 30.4 Å². The van der Waals surface area contributed by atoms with Crippen molar-refractivity contribution in [2.45, 2.75) is 46.6 Å². The molecule has 25 heavy (non-hydrogen) atoms. The Morgan fingerprint density at radius 2 is 1.96 bits per heavy atom. The first kappa shape index (κ1) is 20.3. The van der Waals surface area contributed by atoms with Gasteiger partial charge in [-0.05, 0) is 40.2 Å². The van der Waals surface area contributed by atoms with Gasteiger partial charge in [0.15, 0.2) is 0 Å². The second-order valence-electron chi connectivity index (χ2n) is 5.59. The lowest BCUT2D eigenvalue weighted by molar-refractivity contribution is -0.125. The highest BCUT2D eigenvalue weighted by Crippen LogP contribution is 2.16. The van der Waals surface area contributed by atoms with E-state index in [1.165, 1.54) is 0 Å². The normalized spacial score (nSPS) is 13.0. The van der Waals surface area contributed by atoms with Crippen molar-refractivity contribution in [3.05, 3.63) is 51.7 Å². The number of imide groups is 1. The van der Waals surface area contributed by atoms with Gasteiger partial charge in [0, 0.05) is 12.5 Å². The molecular weight excluding hydrogens is 318 g/mol. The van der Waals surface area contributed by atoms with Crippen LogP contribution >= 0.6 is 0 Å². The maximum Gasteiger partial charge on any atom is 0.261 e. The van der Waals surface area contributed by atoms with Gasteiger partial charge < -0.3 is 0 Å². The van der Waals surface area contributed by atoms with E-state index >= 15 is 0 Å². The van der Waals surface area contributed by atoms with Gasteiger partial charge in [-0.3, -0.25) is 24.3 Å². The molecule has 1 N–H and O–H groups in total. The van der Waals surface area contributed by atoms with Crippen LogP contribution in [0.3, 0.4) is 0 Å². The van der Waals surface area contributed by atoms with Gasteiger partial charge >= 0.3 is 0 Å². The number of nitrogens with one attached hydrogen (secondary N) is 1. The molecule has 0 saturated carbocycles. The van der Waals surface area contributed by atoms with Crippen molar-refractivity contribution in [1.29, 1.82) is 0 Å². The van der Waals surface area contributed by atoms with E-state index in [2.05, 4.69) is 10.3 Å². The Morgan fingerprint density at radius 1 is 1.24 bits per heavy atom. The number of rotatable bonds is 8. The van der Waals surface area contributed by atoms with Crippen molar-refractivity contribution in [1.82, 2.24) is 14.9 Å². The van der Waals surface area contributed by atoms with E-state index in [9.17, 15) is 14.4 Å². The molecule has 1 atom stereocenters. The fourth-order valence-electron chi connectivity index (χ4n) is 2.51. The first-order valence-corrected chi connectivity index (χ1v) is 8.24. The Hall–Kier alpha value is -2.76. The highest BCUT2D eigenvalue weighted by atomic mass is 16.2. The molecule has 0 saturated heterocycles. The fourth-order valence-corrected chi connectivity index (χ4v) is 2.51. The van der Waals surface area contributed by atoms with Crippen LogP contribution in [0, 0.1) is 6.92 Å². The predicted molar refractivity (Wildman–Crippen MR) is 99.9 cm³/mol. The van der Waals surface area contributed by atoms with E-state index in [-0.39, 0.29) is 23.9 Å². The van der Waals surface area contributed by atoms with Crippen LogP contribution in [0.4, 0.5) is 0 Å². The Morgan fingerprint density at radius 3 is 2.56 bits per heavy atom. The van der Waals surface area contributed by atoms with Gasteiger partial charge in [0.05, 0.1) is 11.3 Å². The number of nitrogens with zero attached hydrogens (tertiary/aromatic N) is 2. The third-order valence-electron chi connectivity index (χ3n) is 3.70. The molecule has 6 nitrogen and oxygen atoms in total. The molecule has 0 fully saturated rings. The predicted octanol–water partition coefficient (Wildman–Crippen LogP) is 2.79. The zero-order chi connectivity index (χ0) is 18.8. The number of allylic oxidation sites excluding steroid dienone is 4. The monoisotopic (exact) mass is 343 g/mol. The van der Waals surface area contributed by atoms with Crippen LogP contribution in [0.25, 0.3) is 12.2 Å². The SMILES string of the molecule is C/C=C\c1c(/C=C\C=C\C)nc(C)n(C(C)CCC(=O)NC=O)c1=O. The van der Waals surface area contributed by atoms with Gasteiger partial charge in [0.1, 0.15) is 5.82 Å². The van der Waals surface area contributed by atoms with Crippen LogP contribution in [0.2, 0.25) is 0 Å².